The van der Waals surface area contributed by atoms with Gasteiger partial charge in [0.05, 0.1) is 16.5 Å². The average Bonchev–Trinajstić information content (AvgIpc) is 3.36. The van der Waals surface area contributed by atoms with Gasteiger partial charge in [0.15, 0.2) is 5.76 Å². The second-order valence-corrected chi connectivity index (χ2v) is 7.73. The molecular weight excluding hydrogens is 400 g/mol. The van der Waals surface area contributed by atoms with E-state index in [1.54, 1.807) is 41.8 Å². The fourth-order valence-electron chi connectivity index (χ4n) is 3.50. The van der Waals surface area contributed by atoms with Crippen molar-refractivity contribution < 1.29 is 19.5 Å². The Morgan fingerprint density at radius 3 is 2.30 bits per heavy atom. The van der Waals surface area contributed by atoms with Gasteiger partial charge in [-0.1, -0.05) is 36.4 Å². The molecule has 1 aliphatic heterocycles. The van der Waals surface area contributed by atoms with E-state index in [0.717, 1.165) is 0 Å². The maximum Gasteiger partial charge on any atom is 0.294 e. The van der Waals surface area contributed by atoms with Crippen LogP contribution in [-0.2, 0) is 9.59 Å². The lowest BCUT2D eigenvalue weighted by Gasteiger charge is -2.27. The van der Waals surface area contributed by atoms with Gasteiger partial charge in [-0.25, -0.2) is 0 Å². The molecule has 3 aromatic rings. The van der Waals surface area contributed by atoms with Crippen LogP contribution >= 0.6 is 11.3 Å². The summed E-state index contributed by atoms with van der Waals surface area (Å²) in [5.41, 5.74) is 1.85. The maximum absolute atomic E-state index is 13.2. The summed E-state index contributed by atoms with van der Waals surface area (Å²) in [7, 11) is 0. The molecule has 0 radical (unpaired) electrons. The molecule has 1 atom stereocenters. The van der Waals surface area contributed by atoms with Crippen molar-refractivity contribution in [1.29, 1.82) is 0 Å². The molecule has 2 heterocycles. The second kappa shape index (κ2) is 7.96. The third-order valence-electron chi connectivity index (χ3n) is 4.78. The molecule has 30 heavy (non-hydrogen) atoms. The van der Waals surface area contributed by atoms with E-state index in [9.17, 15) is 19.5 Å². The number of carbonyl (C=O) groups excluding carboxylic acids is 3. The first-order chi connectivity index (χ1) is 14.5. The standard InChI is InChI=1S/C23H18N2O4S/c1-14(26)24-16-9-11-17(12-10-16)25-20(15-6-3-2-4-7-15)19(22(28)23(25)29)21(27)18-8-5-13-30-18/h2-13,20,28H,1H3,(H,24,26). The van der Waals surface area contributed by atoms with Crippen LogP contribution in [-0.4, -0.2) is 22.7 Å². The topological polar surface area (TPSA) is 86.7 Å². The van der Waals surface area contributed by atoms with E-state index < -0.39 is 17.7 Å². The smallest absolute Gasteiger partial charge is 0.294 e. The average molecular weight is 418 g/mol. The molecule has 150 valence electrons. The molecule has 0 bridgehead atoms. The van der Waals surface area contributed by atoms with Gasteiger partial charge in [0.1, 0.15) is 0 Å². The molecule has 7 heteroatoms. The molecule has 2 N–H and O–H groups in total. The number of aliphatic hydroxyl groups excluding tert-OH is 1. The van der Waals surface area contributed by atoms with Crippen LogP contribution in [0.1, 0.15) is 28.2 Å². The number of hydrogen-bond acceptors (Lipinski definition) is 5. The number of rotatable bonds is 5. The molecule has 2 aromatic carbocycles. The normalized spacial score (nSPS) is 16.1. The molecule has 4 rings (SSSR count). The molecule has 1 aliphatic rings. The molecule has 2 amide bonds. The summed E-state index contributed by atoms with van der Waals surface area (Å²) in [5, 5.41) is 15.1. The number of Topliss-reactive ketones (excluding diaryl/α,β-unsaturated/α-hetero) is 1. The first kappa shape index (κ1) is 19.6. The van der Waals surface area contributed by atoms with Gasteiger partial charge in [-0.2, -0.15) is 0 Å². The number of anilines is 2. The number of aliphatic hydroxyl groups is 1. The van der Waals surface area contributed by atoms with Gasteiger partial charge in [0, 0.05) is 18.3 Å². The van der Waals surface area contributed by atoms with Crippen LogP contribution in [0.15, 0.2) is 83.4 Å². The highest BCUT2D eigenvalue weighted by atomic mass is 32.1. The molecule has 1 unspecified atom stereocenters. The van der Waals surface area contributed by atoms with Crippen LogP contribution in [0.2, 0.25) is 0 Å². The van der Waals surface area contributed by atoms with E-state index in [1.165, 1.54) is 23.2 Å². The Labute approximate surface area is 177 Å². The highest BCUT2D eigenvalue weighted by Crippen LogP contribution is 2.42. The SMILES string of the molecule is CC(=O)Nc1ccc(N2C(=O)C(O)=C(C(=O)c3cccs3)C2c2ccccc2)cc1. The van der Waals surface area contributed by atoms with Gasteiger partial charge in [0.25, 0.3) is 5.91 Å². The van der Waals surface area contributed by atoms with E-state index in [1.807, 2.05) is 30.3 Å². The van der Waals surface area contributed by atoms with Gasteiger partial charge in [-0.05, 0) is 41.3 Å². The van der Waals surface area contributed by atoms with Gasteiger partial charge in [0.2, 0.25) is 11.7 Å². The summed E-state index contributed by atoms with van der Waals surface area (Å²) in [5.74, 6) is -1.77. The first-order valence-corrected chi connectivity index (χ1v) is 10.1. The number of nitrogens with zero attached hydrogens (tertiary/aromatic N) is 1. The monoisotopic (exact) mass is 418 g/mol. The molecular formula is C23H18N2O4S. The van der Waals surface area contributed by atoms with Crippen LogP contribution < -0.4 is 10.2 Å². The number of amides is 2. The van der Waals surface area contributed by atoms with E-state index in [-0.39, 0.29) is 17.3 Å². The van der Waals surface area contributed by atoms with E-state index in [0.29, 0.717) is 21.8 Å². The van der Waals surface area contributed by atoms with Crippen LogP contribution in [0.25, 0.3) is 0 Å². The lowest BCUT2D eigenvalue weighted by molar-refractivity contribution is -0.117. The fraction of sp³-hybridized carbons (Fsp3) is 0.0870. The Balaban J connectivity index is 1.80. The van der Waals surface area contributed by atoms with Crippen molar-refractivity contribution in [1.82, 2.24) is 0 Å². The minimum absolute atomic E-state index is 0.0552. The summed E-state index contributed by atoms with van der Waals surface area (Å²) in [6.07, 6.45) is 0. The summed E-state index contributed by atoms with van der Waals surface area (Å²) in [4.78, 5) is 39.3. The van der Waals surface area contributed by atoms with Crippen LogP contribution in [0.5, 0.6) is 0 Å². The zero-order chi connectivity index (χ0) is 21.3. The van der Waals surface area contributed by atoms with Crippen molar-refractivity contribution >= 4 is 40.3 Å². The minimum atomic E-state index is -0.764. The highest BCUT2D eigenvalue weighted by molar-refractivity contribution is 7.12. The maximum atomic E-state index is 13.2. The van der Waals surface area contributed by atoms with E-state index in [2.05, 4.69) is 5.32 Å². The van der Waals surface area contributed by atoms with Gasteiger partial charge >= 0.3 is 0 Å². The number of ketones is 1. The van der Waals surface area contributed by atoms with Crippen molar-refractivity contribution in [2.75, 3.05) is 10.2 Å². The molecule has 0 aliphatic carbocycles. The number of nitrogens with one attached hydrogen (secondary N) is 1. The van der Waals surface area contributed by atoms with Gasteiger partial charge < -0.3 is 10.4 Å². The Bertz CT molecular complexity index is 1140. The van der Waals surface area contributed by atoms with E-state index in [4.69, 9.17) is 0 Å². The Morgan fingerprint density at radius 1 is 1.00 bits per heavy atom. The fourth-order valence-corrected chi connectivity index (χ4v) is 4.18. The molecule has 0 saturated heterocycles. The molecule has 0 saturated carbocycles. The lowest BCUT2D eigenvalue weighted by atomic mass is 9.95. The molecule has 1 aromatic heterocycles. The largest absolute Gasteiger partial charge is 0.503 e. The van der Waals surface area contributed by atoms with Crippen molar-refractivity contribution in [3.05, 3.63) is 93.9 Å². The van der Waals surface area contributed by atoms with Crippen LogP contribution in [0, 0.1) is 0 Å². The van der Waals surface area contributed by atoms with Crippen LogP contribution in [0.4, 0.5) is 11.4 Å². The van der Waals surface area contributed by atoms with Gasteiger partial charge in [-0.3, -0.25) is 19.3 Å². The molecule has 0 fully saturated rings. The Kier molecular flexibility index (Phi) is 5.20. The lowest BCUT2D eigenvalue weighted by Crippen LogP contribution is -2.31. The number of hydrogen-bond donors (Lipinski definition) is 2. The summed E-state index contributed by atoms with van der Waals surface area (Å²) < 4.78 is 0. The Morgan fingerprint density at radius 2 is 1.70 bits per heavy atom. The van der Waals surface area contributed by atoms with Crippen molar-refractivity contribution in [3.63, 3.8) is 0 Å². The predicted molar refractivity (Wildman–Crippen MR) is 116 cm³/mol. The first-order valence-electron chi connectivity index (χ1n) is 9.25. The molecule has 6 nitrogen and oxygen atoms in total. The number of carbonyl (C=O) groups is 3. The highest BCUT2D eigenvalue weighted by Gasteiger charge is 2.44. The third-order valence-corrected chi connectivity index (χ3v) is 5.65. The zero-order valence-electron chi connectivity index (χ0n) is 16.0. The minimum Gasteiger partial charge on any atom is -0.503 e. The second-order valence-electron chi connectivity index (χ2n) is 6.79. The van der Waals surface area contributed by atoms with Crippen LogP contribution in [0.3, 0.4) is 0 Å². The van der Waals surface area contributed by atoms with Gasteiger partial charge in [-0.15, -0.1) is 11.3 Å². The van der Waals surface area contributed by atoms with Crippen molar-refractivity contribution in [2.45, 2.75) is 13.0 Å². The third kappa shape index (κ3) is 3.51. The zero-order valence-corrected chi connectivity index (χ0v) is 16.8. The Hall–Kier alpha value is -3.71. The quantitative estimate of drug-likeness (QED) is 0.598. The van der Waals surface area contributed by atoms with Crippen molar-refractivity contribution in [3.8, 4) is 0 Å². The molecule has 0 spiro atoms. The van der Waals surface area contributed by atoms with E-state index >= 15 is 0 Å². The number of benzene rings is 2. The van der Waals surface area contributed by atoms with Crippen molar-refractivity contribution in [2.24, 2.45) is 0 Å². The predicted octanol–water partition coefficient (Wildman–Crippen LogP) is 4.49. The number of thiophene rings is 1. The summed E-state index contributed by atoms with van der Waals surface area (Å²) >= 11 is 1.26. The summed E-state index contributed by atoms with van der Waals surface area (Å²) in [6.45, 7) is 1.41. The summed E-state index contributed by atoms with van der Waals surface area (Å²) in [6, 6.07) is 18.5.